The summed E-state index contributed by atoms with van der Waals surface area (Å²) in [4.78, 5) is 37.9. The summed E-state index contributed by atoms with van der Waals surface area (Å²) in [5.41, 5.74) is 0.994. The van der Waals surface area contributed by atoms with Gasteiger partial charge in [0.1, 0.15) is 36.5 Å². The highest BCUT2D eigenvalue weighted by atomic mass is 16.7. The van der Waals surface area contributed by atoms with E-state index >= 15 is 0 Å². The van der Waals surface area contributed by atoms with Crippen LogP contribution in [-0.2, 0) is 28.6 Å². The summed E-state index contributed by atoms with van der Waals surface area (Å²) >= 11 is 0. The van der Waals surface area contributed by atoms with Crippen LogP contribution in [0.5, 0.6) is 0 Å². The largest absolute Gasteiger partial charge is 0.458 e. The maximum Gasteiger partial charge on any atom is 0.303 e. The molecule has 0 radical (unpaired) electrons. The van der Waals surface area contributed by atoms with Gasteiger partial charge in [-0.25, -0.2) is 0 Å². The van der Waals surface area contributed by atoms with Crippen LogP contribution in [0.2, 0.25) is 0 Å². The van der Waals surface area contributed by atoms with Gasteiger partial charge < -0.3 is 29.5 Å². The number of rotatable bonds is 5. The SMILES string of the molecule is CC(=O)OC1CC2C3=C(C(C)C)CCC3(C)C(=O)CC2(C)C(OC2OCC(O)C(O)C2O)C=C1C=O. The van der Waals surface area contributed by atoms with Crippen molar-refractivity contribution < 1.29 is 43.9 Å². The first-order valence-corrected chi connectivity index (χ1v) is 12.8. The van der Waals surface area contributed by atoms with E-state index in [1.807, 2.05) is 13.8 Å². The van der Waals surface area contributed by atoms with Crippen LogP contribution in [0.1, 0.15) is 60.3 Å². The first-order chi connectivity index (χ1) is 16.8. The highest BCUT2D eigenvalue weighted by Crippen LogP contribution is 2.62. The van der Waals surface area contributed by atoms with E-state index in [0.717, 1.165) is 12.0 Å². The Kier molecular flexibility index (Phi) is 7.36. The number of hydrogen-bond acceptors (Lipinski definition) is 9. The zero-order valence-corrected chi connectivity index (χ0v) is 21.6. The summed E-state index contributed by atoms with van der Waals surface area (Å²) in [6.45, 7) is 9.18. The number of carbonyl (C=O) groups excluding carboxylic acids is 3. The minimum atomic E-state index is -1.53. The summed E-state index contributed by atoms with van der Waals surface area (Å²) in [6, 6.07) is 0. The summed E-state index contributed by atoms with van der Waals surface area (Å²) < 4.78 is 17.4. The molecule has 3 aliphatic carbocycles. The van der Waals surface area contributed by atoms with Crippen molar-refractivity contribution in [1.29, 1.82) is 0 Å². The Morgan fingerprint density at radius 1 is 1.22 bits per heavy atom. The van der Waals surface area contributed by atoms with Gasteiger partial charge in [0, 0.05) is 29.7 Å². The van der Waals surface area contributed by atoms with Gasteiger partial charge in [-0.05, 0) is 44.1 Å². The molecule has 0 aromatic heterocycles. The number of carbonyl (C=O) groups is 3. The first kappa shape index (κ1) is 27.1. The molecule has 0 bridgehead atoms. The molecule has 1 saturated carbocycles. The lowest BCUT2D eigenvalue weighted by molar-refractivity contribution is -0.288. The van der Waals surface area contributed by atoms with Crippen molar-refractivity contribution in [2.75, 3.05) is 6.61 Å². The number of aliphatic hydroxyl groups is 3. The Morgan fingerprint density at radius 3 is 2.53 bits per heavy atom. The van der Waals surface area contributed by atoms with E-state index < -0.39 is 53.6 Å². The van der Waals surface area contributed by atoms with Gasteiger partial charge in [-0.15, -0.1) is 0 Å². The average Bonchev–Trinajstić information content (AvgIpc) is 3.12. The molecule has 200 valence electrons. The normalized spacial score (nSPS) is 43.0. The van der Waals surface area contributed by atoms with E-state index in [4.69, 9.17) is 14.2 Å². The van der Waals surface area contributed by atoms with Gasteiger partial charge in [0.05, 0.1) is 12.7 Å². The number of ether oxygens (including phenoxy) is 3. The van der Waals surface area contributed by atoms with E-state index in [0.29, 0.717) is 19.1 Å². The topological polar surface area (TPSA) is 140 Å². The summed E-state index contributed by atoms with van der Waals surface area (Å²) in [5, 5.41) is 30.6. The molecule has 4 rings (SSSR count). The fourth-order valence-corrected chi connectivity index (χ4v) is 6.68. The van der Waals surface area contributed by atoms with Gasteiger partial charge in [0.2, 0.25) is 0 Å². The smallest absolute Gasteiger partial charge is 0.303 e. The predicted molar refractivity (Wildman–Crippen MR) is 127 cm³/mol. The molecule has 9 unspecified atom stereocenters. The molecule has 3 N–H and O–H groups in total. The zero-order chi connectivity index (χ0) is 26.6. The zero-order valence-electron chi connectivity index (χ0n) is 21.6. The van der Waals surface area contributed by atoms with Crippen molar-refractivity contribution in [3.8, 4) is 0 Å². The van der Waals surface area contributed by atoms with Crippen molar-refractivity contribution in [2.45, 2.75) is 97.1 Å². The number of allylic oxidation sites excluding steroid dienone is 2. The van der Waals surface area contributed by atoms with E-state index in [1.54, 1.807) is 6.08 Å². The van der Waals surface area contributed by atoms with Crippen LogP contribution in [0.15, 0.2) is 22.8 Å². The summed E-state index contributed by atoms with van der Waals surface area (Å²) in [7, 11) is 0. The second-order valence-electron chi connectivity index (χ2n) is 11.5. The highest BCUT2D eigenvalue weighted by molar-refractivity contribution is 5.91. The Balaban J connectivity index is 1.84. The number of ketones is 1. The Morgan fingerprint density at radius 2 is 1.92 bits per heavy atom. The van der Waals surface area contributed by atoms with E-state index in [9.17, 15) is 29.7 Å². The van der Waals surface area contributed by atoms with Crippen LogP contribution in [0, 0.1) is 22.7 Å². The van der Waals surface area contributed by atoms with Gasteiger partial charge in [-0.3, -0.25) is 14.4 Å². The molecule has 1 aliphatic heterocycles. The summed E-state index contributed by atoms with van der Waals surface area (Å²) in [6.07, 6.45) is -3.04. The van der Waals surface area contributed by atoms with Crippen LogP contribution < -0.4 is 0 Å². The van der Waals surface area contributed by atoms with Crippen molar-refractivity contribution in [2.24, 2.45) is 22.7 Å². The molecule has 1 saturated heterocycles. The number of esters is 1. The van der Waals surface area contributed by atoms with Gasteiger partial charge in [0.25, 0.3) is 0 Å². The van der Waals surface area contributed by atoms with E-state index in [2.05, 4.69) is 13.8 Å². The van der Waals surface area contributed by atoms with Crippen LogP contribution >= 0.6 is 0 Å². The number of aliphatic hydroxyl groups excluding tert-OH is 3. The maximum atomic E-state index is 13.7. The second kappa shape index (κ2) is 9.76. The third-order valence-electron chi connectivity index (χ3n) is 8.83. The van der Waals surface area contributed by atoms with Gasteiger partial charge in [-0.1, -0.05) is 31.9 Å². The van der Waals surface area contributed by atoms with Crippen LogP contribution in [0.25, 0.3) is 0 Å². The molecule has 4 aliphatic rings. The lowest BCUT2D eigenvalue weighted by Crippen LogP contribution is -2.57. The third-order valence-corrected chi connectivity index (χ3v) is 8.83. The number of hydrogen-bond donors (Lipinski definition) is 3. The predicted octanol–water partition coefficient (Wildman–Crippen LogP) is 1.62. The fourth-order valence-electron chi connectivity index (χ4n) is 6.68. The summed E-state index contributed by atoms with van der Waals surface area (Å²) in [5.74, 6) is -0.464. The van der Waals surface area contributed by atoms with E-state index in [1.165, 1.54) is 12.5 Å². The van der Waals surface area contributed by atoms with Crippen LogP contribution in [-0.4, -0.2) is 76.8 Å². The monoisotopic (exact) mass is 506 g/mol. The molecule has 9 nitrogen and oxygen atoms in total. The lowest BCUT2D eigenvalue weighted by Gasteiger charge is -2.52. The standard InChI is InChI=1S/C27H38O9/c1-13(2)16-6-7-26(4)20(31)10-27(5)17(22(16)26)9-19(35-14(3)29)15(11-28)8-21(27)36-25-24(33)23(32)18(30)12-34-25/h8,11,13,17-19,21,23-25,30,32-33H,6-7,9-10,12H2,1-5H3. The van der Waals surface area contributed by atoms with Crippen molar-refractivity contribution in [1.82, 2.24) is 0 Å². The van der Waals surface area contributed by atoms with Gasteiger partial charge in [0.15, 0.2) is 6.29 Å². The van der Waals surface area contributed by atoms with Crippen molar-refractivity contribution in [3.05, 3.63) is 22.8 Å². The highest BCUT2D eigenvalue weighted by Gasteiger charge is 2.60. The van der Waals surface area contributed by atoms with Crippen LogP contribution in [0.4, 0.5) is 0 Å². The molecule has 2 fully saturated rings. The maximum absolute atomic E-state index is 13.7. The molecule has 9 atom stereocenters. The molecule has 36 heavy (non-hydrogen) atoms. The Bertz CT molecular complexity index is 984. The Labute approximate surface area is 211 Å². The van der Waals surface area contributed by atoms with Gasteiger partial charge in [-0.2, -0.15) is 0 Å². The molecule has 0 aromatic rings. The second-order valence-corrected chi connectivity index (χ2v) is 11.5. The molecular formula is C27H38O9. The van der Waals surface area contributed by atoms with Crippen molar-refractivity contribution >= 4 is 18.0 Å². The molecule has 1 heterocycles. The molecule has 9 heteroatoms. The minimum absolute atomic E-state index is 0.0908. The fraction of sp³-hybridized carbons (Fsp3) is 0.741. The quantitative estimate of drug-likeness (QED) is 0.288. The number of aldehydes is 1. The van der Waals surface area contributed by atoms with Crippen LogP contribution in [0.3, 0.4) is 0 Å². The molecule has 0 aromatic carbocycles. The molecule has 0 spiro atoms. The van der Waals surface area contributed by atoms with Crippen molar-refractivity contribution in [3.63, 3.8) is 0 Å². The molecule has 0 amide bonds. The van der Waals surface area contributed by atoms with E-state index in [-0.39, 0.29) is 36.2 Å². The van der Waals surface area contributed by atoms with Gasteiger partial charge >= 0.3 is 5.97 Å². The number of Topliss-reactive ketones (excluding diaryl/α,β-unsaturated/α-hetero) is 1. The number of fused-ring (bicyclic) bond motifs is 3. The molecular weight excluding hydrogens is 468 g/mol. The third kappa shape index (κ3) is 4.39. The Hall–Kier alpha value is -1.91. The minimum Gasteiger partial charge on any atom is -0.458 e. The average molecular weight is 507 g/mol. The first-order valence-electron chi connectivity index (χ1n) is 12.8. The lowest BCUT2D eigenvalue weighted by atomic mass is 9.53.